The molecule has 2 heterocycles. The van der Waals surface area contributed by atoms with E-state index in [4.69, 9.17) is 9.47 Å². The zero-order chi connectivity index (χ0) is 24.5. The van der Waals surface area contributed by atoms with Gasteiger partial charge in [-0.3, -0.25) is 4.68 Å². The van der Waals surface area contributed by atoms with Crippen molar-refractivity contribution < 1.29 is 24.2 Å². The van der Waals surface area contributed by atoms with Crippen LogP contribution in [0.2, 0.25) is 0 Å². The number of benzene rings is 1. The monoisotopic (exact) mass is 453 g/mol. The maximum Gasteiger partial charge on any atom is 0.347 e. The van der Waals surface area contributed by atoms with Gasteiger partial charge in [-0.15, -0.1) is 0 Å². The highest BCUT2D eigenvalue weighted by molar-refractivity contribution is 5.93. The van der Waals surface area contributed by atoms with Gasteiger partial charge in [0.05, 0.1) is 11.2 Å². The number of aryl methyl sites for hydroxylation is 2. The van der Waals surface area contributed by atoms with Crippen molar-refractivity contribution in [2.24, 2.45) is 7.05 Å². The van der Waals surface area contributed by atoms with Crippen molar-refractivity contribution in [1.29, 1.82) is 0 Å². The minimum atomic E-state index is -0.948. The average molecular weight is 454 g/mol. The minimum absolute atomic E-state index is 0.305. The zero-order valence-corrected chi connectivity index (χ0v) is 20.2. The molecule has 8 nitrogen and oxygen atoms in total. The van der Waals surface area contributed by atoms with E-state index in [2.05, 4.69) is 5.10 Å². The van der Waals surface area contributed by atoms with E-state index in [0.29, 0.717) is 17.7 Å². The molecule has 1 aromatic carbocycles. The van der Waals surface area contributed by atoms with E-state index >= 15 is 0 Å². The molecule has 1 unspecified atom stereocenters. The Morgan fingerprint density at radius 3 is 2.55 bits per heavy atom. The molecule has 1 N–H and O–H groups in total. The van der Waals surface area contributed by atoms with Crippen molar-refractivity contribution in [3.8, 4) is 11.6 Å². The Morgan fingerprint density at radius 2 is 1.94 bits per heavy atom. The summed E-state index contributed by atoms with van der Waals surface area (Å²) in [6.45, 7) is 10.8. The van der Waals surface area contributed by atoms with Crippen molar-refractivity contribution in [2.75, 3.05) is 0 Å². The number of carbonyl (C=O) groups is 2. The Kier molecular flexibility index (Phi) is 6.67. The number of hydrogen-bond acceptors (Lipinski definition) is 5. The van der Waals surface area contributed by atoms with Crippen molar-refractivity contribution in [1.82, 2.24) is 14.3 Å². The summed E-state index contributed by atoms with van der Waals surface area (Å²) in [7, 11) is 1.82. The number of rotatable bonds is 7. The smallest absolute Gasteiger partial charge is 0.347 e. The second-order valence-electron chi connectivity index (χ2n) is 8.97. The van der Waals surface area contributed by atoms with Gasteiger partial charge in [0.15, 0.2) is 6.10 Å². The van der Waals surface area contributed by atoms with Crippen LogP contribution < -0.4 is 4.74 Å². The first-order valence-electron chi connectivity index (χ1n) is 10.9. The number of nitrogens with zero attached hydrogens (tertiary/aromatic N) is 3. The normalized spacial score (nSPS) is 13.2. The minimum Gasteiger partial charge on any atom is -0.479 e. The molecule has 0 aliphatic rings. The Hall–Kier alpha value is -3.55. The van der Waals surface area contributed by atoms with Gasteiger partial charge >= 0.3 is 11.9 Å². The number of carboxylic acid groups (broad SMARTS) is 1. The van der Waals surface area contributed by atoms with Gasteiger partial charge < -0.3 is 19.1 Å². The van der Waals surface area contributed by atoms with Gasteiger partial charge in [0.1, 0.15) is 17.2 Å². The fraction of sp³-hybridized carbons (Fsp3) is 0.400. The number of esters is 1. The van der Waals surface area contributed by atoms with E-state index in [1.165, 1.54) is 0 Å². The molecule has 1 atom stereocenters. The Bertz CT molecular complexity index is 1230. The molecule has 0 aliphatic carbocycles. The number of fused-ring (bicyclic) bond motifs is 1. The van der Waals surface area contributed by atoms with Gasteiger partial charge in [-0.05, 0) is 65.3 Å². The molecule has 8 heteroatoms. The van der Waals surface area contributed by atoms with Crippen LogP contribution in [0.3, 0.4) is 0 Å². The van der Waals surface area contributed by atoms with E-state index in [1.807, 2.05) is 76.7 Å². The quantitative estimate of drug-likeness (QED) is 0.413. The van der Waals surface area contributed by atoms with Crippen LogP contribution in [0.15, 0.2) is 36.0 Å². The molecular formula is C25H31N3O5. The summed E-state index contributed by atoms with van der Waals surface area (Å²) in [5.41, 5.74) is 2.02. The zero-order valence-electron chi connectivity index (χ0n) is 20.2. The first-order chi connectivity index (χ1) is 15.4. The summed E-state index contributed by atoms with van der Waals surface area (Å²) in [5.74, 6) is -0.118. The van der Waals surface area contributed by atoms with Crippen molar-refractivity contribution in [2.45, 2.75) is 59.7 Å². The van der Waals surface area contributed by atoms with E-state index in [0.717, 1.165) is 28.0 Å². The van der Waals surface area contributed by atoms with Gasteiger partial charge in [-0.25, -0.2) is 9.59 Å². The van der Waals surface area contributed by atoms with Crippen LogP contribution in [-0.2, 0) is 21.4 Å². The van der Waals surface area contributed by atoms with Gasteiger partial charge in [-0.2, -0.15) is 5.10 Å². The second kappa shape index (κ2) is 9.13. The number of aliphatic carboxylic acids is 1. The van der Waals surface area contributed by atoms with Crippen LogP contribution in [0.1, 0.15) is 52.3 Å². The number of carbonyl (C=O) groups excluding carboxylic acids is 1. The summed E-state index contributed by atoms with van der Waals surface area (Å²) < 4.78 is 14.9. The van der Waals surface area contributed by atoms with E-state index < -0.39 is 23.6 Å². The van der Waals surface area contributed by atoms with E-state index in [-0.39, 0.29) is 0 Å². The van der Waals surface area contributed by atoms with Crippen molar-refractivity contribution in [3.63, 3.8) is 0 Å². The first-order valence-corrected chi connectivity index (χ1v) is 10.9. The molecule has 0 bridgehead atoms. The van der Waals surface area contributed by atoms with Crippen LogP contribution in [0.25, 0.3) is 22.8 Å². The molecule has 2 aromatic heterocycles. The highest BCUT2D eigenvalue weighted by Crippen LogP contribution is 2.29. The molecule has 0 fully saturated rings. The topological polar surface area (TPSA) is 95.6 Å². The summed E-state index contributed by atoms with van der Waals surface area (Å²) in [4.78, 5) is 23.9. The molecule has 0 saturated heterocycles. The number of aromatic nitrogens is 3. The van der Waals surface area contributed by atoms with Crippen LogP contribution in [0.4, 0.5) is 0 Å². The fourth-order valence-corrected chi connectivity index (χ4v) is 3.61. The third kappa shape index (κ3) is 5.27. The SMILES string of the molecule is CC/C(=C\c1c(C)nn(C)c1-n1ccc2ccc(OC(C)C(=O)OC(C)(C)C)cc21)C(=O)O. The predicted molar refractivity (Wildman–Crippen MR) is 127 cm³/mol. The number of ether oxygens (including phenoxy) is 2. The molecule has 33 heavy (non-hydrogen) atoms. The maximum absolute atomic E-state index is 12.3. The molecular weight excluding hydrogens is 422 g/mol. The summed E-state index contributed by atoms with van der Waals surface area (Å²) in [6, 6.07) is 7.53. The van der Waals surface area contributed by atoms with Gasteiger partial charge in [-0.1, -0.05) is 6.92 Å². The Balaban J connectivity index is 2.03. The summed E-state index contributed by atoms with van der Waals surface area (Å²) in [6.07, 6.45) is 3.21. The molecule has 0 aliphatic heterocycles. The standard InChI is InChI=1S/C25H31N3O5/c1-8-17(23(29)30)13-20-15(2)26-27(7)22(20)28-12-11-18-9-10-19(14-21(18)28)32-16(3)24(31)33-25(4,5)6/h9-14,16H,8H2,1-7H3,(H,29,30)/b17-13+. The lowest BCUT2D eigenvalue weighted by Crippen LogP contribution is -2.33. The molecule has 3 rings (SSSR count). The summed E-state index contributed by atoms with van der Waals surface area (Å²) in [5, 5.41) is 15.0. The summed E-state index contributed by atoms with van der Waals surface area (Å²) >= 11 is 0. The highest BCUT2D eigenvalue weighted by Gasteiger charge is 2.23. The number of carboxylic acids is 1. The van der Waals surface area contributed by atoms with Crippen LogP contribution >= 0.6 is 0 Å². The number of hydrogen-bond donors (Lipinski definition) is 1. The lowest BCUT2D eigenvalue weighted by Gasteiger charge is -2.22. The van der Waals surface area contributed by atoms with Gasteiger partial charge in [0.25, 0.3) is 0 Å². The van der Waals surface area contributed by atoms with Crippen molar-refractivity contribution >= 4 is 28.9 Å². The molecule has 176 valence electrons. The van der Waals surface area contributed by atoms with Gasteiger partial charge in [0.2, 0.25) is 0 Å². The average Bonchev–Trinajstić information content (AvgIpc) is 3.23. The third-order valence-corrected chi connectivity index (χ3v) is 5.16. The van der Waals surface area contributed by atoms with Gasteiger partial charge in [0, 0.05) is 35.8 Å². The Morgan fingerprint density at radius 1 is 1.24 bits per heavy atom. The lowest BCUT2D eigenvalue weighted by atomic mass is 10.1. The highest BCUT2D eigenvalue weighted by atomic mass is 16.6. The van der Waals surface area contributed by atoms with Crippen LogP contribution in [0.5, 0.6) is 5.75 Å². The molecule has 0 saturated carbocycles. The third-order valence-electron chi connectivity index (χ3n) is 5.16. The van der Waals surface area contributed by atoms with Crippen molar-refractivity contribution in [3.05, 3.63) is 47.3 Å². The predicted octanol–water partition coefficient (Wildman–Crippen LogP) is 4.66. The Labute approximate surface area is 193 Å². The largest absolute Gasteiger partial charge is 0.479 e. The first kappa shape index (κ1) is 24.1. The van der Waals surface area contributed by atoms with Crippen LogP contribution in [0, 0.1) is 6.92 Å². The molecule has 0 spiro atoms. The lowest BCUT2D eigenvalue weighted by molar-refractivity contribution is -0.162. The molecule has 3 aromatic rings. The van der Waals surface area contributed by atoms with Crippen LogP contribution in [-0.4, -0.2) is 43.1 Å². The molecule has 0 radical (unpaired) electrons. The maximum atomic E-state index is 12.3. The van der Waals surface area contributed by atoms with E-state index in [9.17, 15) is 14.7 Å². The van der Waals surface area contributed by atoms with E-state index in [1.54, 1.807) is 17.7 Å². The molecule has 0 amide bonds. The second-order valence-corrected chi connectivity index (χ2v) is 8.97. The fourth-order valence-electron chi connectivity index (χ4n) is 3.61.